The highest BCUT2D eigenvalue weighted by Gasteiger charge is 2.31. The molecule has 1 fully saturated rings. The van der Waals surface area contributed by atoms with Gasteiger partial charge >= 0.3 is 5.97 Å². The van der Waals surface area contributed by atoms with Gasteiger partial charge in [-0.15, -0.1) is 0 Å². The molecule has 1 saturated heterocycles. The van der Waals surface area contributed by atoms with Crippen LogP contribution in [-0.2, 0) is 19.1 Å². The van der Waals surface area contributed by atoms with E-state index in [2.05, 4.69) is 15.2 Å². The molecule has 0 unspecified atom stereocenters. The summed E-state index contributed by atoms with van der Waals surface area (Å²) in [5.74, 6) is -0.604. The predicted octanol–water partition coefficient (Wildman–Crippen LogP) is 3.15. The van der Waals surface area contributed by atoms with E-state index in [9.17, 15) is 14.4 Å². The maximum atomic E-state index is 12.9. The number of piperidine rings is 1. The number of hydrogen-bond donors (Lipinski definition) is 1. The van der Waals surface area contributed by atoms with E-state index < -0.39 is 6.04 Å². The lowest BCUT2D eigenvalue weighted by molar-refractivity contribution is -0.142. The Kier molecular flexibility index (Phi) is 7.44. The minimum Gasteiger partial charge on any atom is -0.469 e. The van der Waals surface area contributed by atoms with Crippen LogP contribution in [0, 0.1) is 13.8 Å². The minimum absolute atomic E-state index is 0.0939. The van der Waals surface area contributed by atoms with Gasteiger partial charge in [0.05, 0.1) is 18.5 Å². The van der Waals surface area contributed by atoms with E-state index >= 15 is 0 Å². The first kappa shape index (κ1) is 22.5. The fourth-order valence-electron chi connectivity index (χ4n) is 3.93. The lowest BCUT2D eigenvalue weighted by atomic mass is 10.00. The van der Waals surface area contributed by atoms with Gasteiger partial charge in [0, 0.05) is 30.8 Å². The average Bonchev–Trinajstić information content (AvgIpc) is 3.11. The molecule has 2 heterocycles. The van der Waals surface area contributed by atoms with E-state index in [-0.39, 0.29) is 30.6 Å². The van der Waals surface area contributed by atoms with Gasteiger partial charge in [-0.3, -0.25) is 14.4 Å². The van der Waals surface area contributed by atoms with E-state index in [4.69, 9.17) is 0 Å². The number of esters is 1. The normalized spacial score (nSPS) is 16.1. The van der Waals surface area contributed by atoms with Crippen molar-refractivity contribution in [2.45, 2.75) is 58.4 Å². The van der Waals surface area contributed by atoms with Crippen LogP contribution in [0.25, 0.3) is 5.69 Å². The van der Waals surface area contributed by atoms with Crippen LogP contribution in [-0.4, -0.2) is 52.2 Å². The second-order valence-electron chi connectivity index (χ2n) is 7.90. The first-order chi connectivity index (χ1) is 14.9. The quantitative estimate of drug-likeness (QED) is 0.687. The third-order valence-corrected chi connectivity index (χ3v) is 5.51. The molecule has 1 aromatic carbocycles. The summed E-state index contributed by atoms with van der Waals surface area (Å²) in [6.45, 7) is 4.51. The molecule has 0 saturated carbocycles. The van der Waals surface area contributed by atoms with E-state index in [1.54, 1.807) is 4.90 Å². The van der Waals surface area contributed by atoms with Crippen molar-refractivity contribution in [3.05, 3.63) is 41.7 Å². The molecule has 166 valence electrons. The largest absolute Gasteiger partial charge is 0.469 e. The van der Waals surface area contributed by atoms with Gasteiger partial charge in [-0.05, 0) is 69.9 Å². The number of benzene rings is 1. The number of aromatic nitrogens is 2. The second-order valence-corrected chi connectivity index (χ2v) is 7.90. The molecule has 8 heteroatoms. The molecule has 1 aliphatic heterocycles. The number of nitrogens with zero attached hydrogens (tertiary/aromatic N) is 3. The van der Waals surface area contributed by atoms with Gasteiger partial charge in [0.1, 0.15) is 6.04 Å². The Bertz CT molecular complexity index is 936. The van der Waals surface area contributed by atoms with E-state index in [1.807, 2.05) is 48.9 Å². The molecule has 0 bridgehead atoms. The van der Waals surface area contributed by atoms with E-state index in [0.717, 1.165) is 29.9 Å². The lowest BCUT2D eigenvalue weighted by Gasteiger charge is -2.34. The number of methoxy groups -OCH3 is 1. The van der Waals surface area contributed by atoms with Crippen LogP contribution in [0.1, 0.15) is 49.9 Å². The van der Waals surface area contributed by atoms with Crippen LogP contribution < -0.4 is 5.32 Å². The van der Waals surface area contributed by atoms with Gasteiger partial charge in [0.25, 0.3) is 0 Å². The number of anilines is 1. The Hall–Kier alpha value is -3.16. The van der Waals surface area contributed by atoms with Gasteiger partial charge in [-0.25, -0.2) is 4.68 Å². The average molecular weight is 427 g/mol. The third-order valence-electron chi connectivity index (χ3n) is 5.51. The summed E-state index contributed by atoms with van der Waals surface area (Å²) in [6.07, 6.45) is 3.28. The van der Waals surface area contributed by atoms with Crippen molar-refractivity contribution in [3.63, 3.8) is 0 Å². The number of likely N-dealkylation sites (tertiary alicyclic amines) is 1. The number of carbonyl (C=O) groups is 3. The summed E-state index contributed by atoms with van der Waals surface area (Å²) in [6, 6.07) is 9.02. The summed E-state index contributed by atoms with van der Waals surface area (Å²) < 4.78 is 6.47. The maximum Gasteiger partial charge on any atom is 0.305 e. The zero-order chi connectivity index (χ0) is 22.4. The number of hydrogen-bond acceptors (Lipinski definition) is 5. The molecule has 8 nitrogen and oxygen atoms in total. The number of nitrogens with one attached hydrogen (secondary N) is 1. The standard InChI is InChI=1S/C23H30N4O4/c1-16-15-17(2)27(25-16)19-12-10-18(11-13-19)24-23(30)20-7-4-5-14-26(20)21(28)8-6-9-22(29)31-3/h10-13,15,20H,4-9,14H2,1-3H3,(H,24,30)/t20-/m0/s1. The zero-order valence-electron chi connectivity index (χ0n) is 18.4. The first-order valence-corrected chi connectivity index (χ1v) is 10.7. The predicted molar refractivity (Wildman–Crippen MR) is 117 cm³/mol. The monoisotopic (exact) mass is 426 g/mol. The topological polar surface area (TPSA) is 93.5 Å². The van der Waals surface area contributed by atoms with Crippen LogP contribution in [0.3, 0.4) is 0 Å². The maximum absolute atomic E-state index is 12.9. The Balaban J connectivity index is 1.61. The Morgan fingerprint density at radius 2 is 1.87 bits per heavy atom. The second kappa shape index (κ2) is 10.2. The number of ether oxygens (including phenoxy) is 1. The highest BCUT2D eigenvalue weighted by atomic mass is 16.5. The Morgan fingerprint density at radius 1 is 1.13 bits per heavy atom. The minimum atomic E-state index is -0.491. The van der Waals surface area contributed by atoms with Crippen molar-refractivity contribution in [2.75, 3.05) is 19.0 Å². The van der Waals surface area contributed by atoms with Gasteiger partial charge < -0.3 is 15.0 Å². The number of aryl methyl sites for hydroxylation is 2. The van der Waals surface area contributed by atoms with Crippen molar-refractivity contribution in [3.8, 4) is 5.69 Å². The molecule has 1 atom stereocenters. The molecule has 3 rings (SSSR count). The van der Waals surface area contributed by atoms with Crippen molar-refractivity contribution in [1.82, 2.24) is 14.7 Å². The summed E-state index contributed by atoms with van der Waals surface area (Å²) >= 11 is 0. The van der Waals surface area contributed by atoms with Crippen LogP contribution in [0.4, 0.5) is 5.69 Å². The fraction of sp³-hybridized carbons (Fsp3) is 0.478. The number of rotatable bonds is 7. The highest BCUT2D eigenvalue weighted by molar-refractivity contribution is 5.97. The van der Waals surface area contributed by atoms with E-state index in [0.29, 0.717) is 25.1 Å². The number of carbonyl (C=O) groups excluding carboxylic acids is 3. The molecule has 1 N–H and O–H groups in total. The van der Waals surface area contributed by atoms with Crippen molar-refractivity contribution >= 4 is 23.5 Å². The Labute approximate surface area is 182 Å². The molecule has 0 spiro atoms. The van der Waals surface area contributed by atoms with Gasteiger partial charge in [0.15, 0.2) is 0 Å². The first-order valence-electron chi connectivity index (χ1n) is 10.7. The molecule has 0 aliphatic carbocycles. The van der Waals surface area contributed by atoms with Gasteiger partial charge in [-0.2, -0.15) is 5.10 Å². The zero-order valence-corrected chi connectivity index (χ0v) is 18.4. The smallest absolute Gasteiger partial charge is 0.305 e. The number of amides is 2. The van der Waals surface area contributed by atoms with Gasteiger partial charge in [-0.1, -0.05) is 0 Å². The third kappa shape index (κ3) is 5.71. The summed E-state index contributed by atoms with van der Waals surface area (Å²) in [7, 11) is 1.33. The SMILES string of the molecule is COC(=O)CCCC(=O)N1CCCC[C@H]1C(=O)Nc1ccc(-n2nc(C)cc2C)cc1. The van der Waals surface area contributed by atoms with Crippen LogP contribution in [0.5, 0.6) is 0 Å². The Morgan fingerprint density at radius 3 is 2.52 bits per heavy atom. The van der Waals surface area contributed by atoms with Crippen LogP contribution >= 0.6 is 0 Å². The molecule has 1 aliphatic rings. The van der Waals surface area contributed by atoms with Crippen LogP contribution in [0.15, 0.2) is 30.3 Å². The van der Waals surface area contributed by atoms with Crippen molar-refractivity contribution in [1.29, 1.82) is 0 Å². The molecule has 0 radical (unpaired) electrons. The fourth-order valence-corrected chi connectivity index (χ4v) is 3.93. The van der Waals surface area contributed by atoms with Crippen molar-refractivity contribution < 1.29 is 19.1 Å². The lowest BCUT2D eigenvalue weighted by Crippen LogP contribution is -2.50. The highest BCUT2D eigenvalue weighted by Crippen LogP contribution is 2.21. The summed E-state index contributed by atoms with van der Waals surface area (Å²) in [4.78, 5) is 38.5. The molecule has 1 aromatic heterocycles. The molecule has 31 heavy (non-hydrogen) atoms. The summed E-state index contributed by atoms with van der Waals surface area (Å²) in [5, 5.41) is 7.41. The molecule has 2 aromatic rings. The van der Waals surface area contributed by atoms with Gasteiger partial charge in [0.2, 0.25) is 11.8 Å². The van der Waals surface area contributed by atoms with Crippen molar-refractivity contribution in [2.24, 2.45) is 0 Å². The molecular formula is C23H30N4O4. The summed E-state index contributed by atoms with van der Waals surface area (Å²) in [5.41, 5.74) is 3.59. The van der Waals surface area contributed by atoms with E-state index in [1.165, 1.54) is 7.11 Å². The molecule has 2 amide bonds. The molecular weight excluding hydrogens is 396 g/mol. The van der Waals surface area contributed by atoms with Crippen LogP contribution in [0.2, 0.25) is 0 Å².